The zero-order chi connectivity index (χ0) is 17.0. The second kappa shape index (κ2) is 6.91. The number of hydrogen-bond acceptors (Lipinski definition) is 5. The molecular weight excluding hydrogens is 334 g/mol. The summed E-state index contributed by atoms with van der Waals surface area (Å²) >= 11 is 1.36. The number of benzene rings is 1. The first-order valence-electron chi connectivity index (χ1n) is 6.62. The molecule has 0 fully saturated rings. The SMILES string of the molecule is C#CCNS(=O)(=O)c1cccc(C(=O)Nc2nc(C)c(C)s2)c1. The maximum Gasteiger partial charge on any atom is 0.257 e. The molecule has 0 spiro atoms. The highest BCUT2D eigenvalue weighted by molar-refractivity contribution is 7.89. The Labute approximate surface area is 139 Å². The second-order valence-electron chi connectivity index (χ2n) is 4.67. The van der Waals surface area contributed by atoms with E-state index in [1.165, 1.54) is 35.6 Å². The van der Waals surface area contributed by atoms with Crippen molar-refractivity contribution in [1.29, 1.82) is 0 Å². The molecule has 1 aromatic carbocycles. The Balaban J connectivity index is 2.22. The smallest absolute Gasteiger partial charge is 0.257 e. The zero-order valence-corrected chi connectivity index (χ0v) is 14.2. The lowest BCUT2D eigenvalue weighted by Gasteiger charge is -2.06. The van der Waals surface area contributed by atoms with Gasteiger partial charge in [0.15, 0.2) is 5.13 Å². The molecular formula is C15H15N3O3S2. The van der Waals surface area contributed by atoms with Gasteiger partial charge in [0.2, 0.25) is 10.0 Å². The number of amides is 1. The van der Waals surface area contributed by atoms with Gasteiger partial charge in [-0.2, -0.15) is 4.72 Å². The summed E-state index contributed by atoms with van der Waals surface area (Å²) in [7, 11) is -3.74. The summed E-state index contributed by atoms with van der Waals surface area (Å²) in [5.41, 5.74) is 1.07. The highest BCUT2D eigenvalue weighted by atomic mass is 32.2. The van der Waals surface area contributed by atoms with Gasteiger partial charge in [-0.25, -0.2) is 13.4 Å². The van der Waals surface area contributed by atoms with Crippen LogP contribution < -0.4 is 10.0 Å². The van der Waals surface area contributed by atoms with Gasteiger partial charge in [-0.1, -0.05) is 12.0 Å². The fourth-order valence-corrected chi connectivity index (χ4v) is 3.51. The number of carbonyl (C=O) groups is 1. The summed E-state index contributed by atoms with van der Waals surface area (Å²) in [6.07, 6.45) is 5.05. The molecule has 0 aliphatic heterocycles. The molecule has 1 heterocycles. The molecule has 6 nitrogen and oxygen atoms in total. The van der Waals surface area contributed by atoms with E-state index in [2.05, 4.69) is 20.9 Å². The van der Waals surface area contributed by atoms with Crippen molar-refractivity contribution < 1.29 is 13.2 Å². The van der Waals surface area contributed by atoms with E-state index in [4.69, 9.17) is 6.42 Å². The van der Waals surface area contributed by atoms with Crippen molar-refractivity contribution in [2.75, 3.05) is 11.9 Å². The molecule has 0 saturated carbocycles. The molecule has 23 heavy (non-hydrogen) atoms. The number of aromatic nitrogens is 1. The van der Waals surface area contributed by atoms with E-state index >= 15 is 0 Å². The normalized spacial score (nSPS) is 11.0. The van der Waals surface area contributed by atoms with Crippen LogP contribution in [0, 0.1) is 26.2 Å². The quantitative estimate of drug-likeness (QED) is 0.807. The Morgan fingerprint density at radius 2 is 2.13 bits per heavy atom. The number of rotatable bonds is 5. The number of nitrogens with one attached hydrogen (secondary N) is 2. The van der Waals surface area contributed by atoms with Gasteiger partial charge < -0.3 is 0 Å². The predicted octanol–water partition coefficient (Wildman–Crippen LogP) is 1.92. The molecule has 0 bridgehead atoms. The van der Waals surface area contributed by atoms with E-state index < -0.39 is 15.9 Å². The number of sulfonamides is 1. The molecule has 2 aromatic rings. The lowest BCUT2D eigenvalue weighted by molar-refractivity contribution is 0.102. The Morgan fingerprint density at radius 1 is 1.39 bits per heavy atom. The van der Waals surface area contributed by atoms with Crippen molar-refractivity contribution >= 4 is 32.4 Å². The highest BCUT2D eigenvalue weighted by Gasteiger charge is 2.16. The topological polar surface area (TPSA) is 88.2 Å². The lowest BCUT2D eigenvalue weighted by atomic mass is 10.2. The molecule has 8 heteroatoms. The van der Waals surface area contributed by atoms with Crippen molar-refractivity contribution in [3.05, 3.63) is 40.4 Å². The second-order valence-corrected chi connectivity index (χ2v) is 7.64. The van der Waals surface area contributed by atoms with Crippen molar-refractivity contribution in [3.8, 4) is 12.3 Å². The van der Waals surface area contributed by atoms with Crippen LogP contribution >= 0.6 is 11.3 Å². The average Bonchev–Trinajstić information content (AvgIpc) is 2.83. The molecule has 1 aromatic heterocycles. The molecule has 0 radical (unpaired) electrons. The minimum Gasteiger partial charge on any atom is -0.298 e. The molecule has 120 valence electrons. The third kappa shape index (κ3) is 4.16. The predicted molar refractivity (Wildman–Crippen MR) is 90.0 cm³/mol. The Kier molecular flexibility index (Phi) is 5.15. The largest absolute Gasteiger partial charge is 0.298 e. The summed E-state index contributed by atoms with van der Waals surface area (Å²) in [6, 6.07) is 5.72. The summed E-state index contributed by atoms with van der Waals surface area (Å²) < 4.78 is 26.3. The van der Waals surface area contributed by atoms with Gasteiger partial charge in [0.25, 0.3) is 5.91 Å². The summed E-state index contributed by atoms with van der Waals surface area (Å²) in [4.78, 5) is 17.4. The fraction of sp³-hybridized carbons (Fsp3) is 0.200. The van der Waals surface area contributed by atoms with E-state index in [0.717, 1.165) is 10.6 Å². The third-order valence-electron chi connectivity index (χ3n) is 3.02. The molecule has 0 saturated heterocycles. The summed E-state index contributed by atoms with van der Waals surface area (Å²) in [5, 5.41) is 3.14. The molecule has 1 amide bonds. The van der Waals surface area contributed by atoms with Crippen LogP contribution in [0.3, 0.4) is 0 Å². The maximum atomic E-state index is 12.2. The van der Waals surface area contributed by atoms with Gasteiger partial charge in [0.05, 0.1) is 17.1 Å². The van der Waals surface area contributed by atoms with Crippen LogP contribution in [0.1, 0.15) is 20.9 Å². The van der Waals surface area contributed by atoms with E-state index in [9.17, 15) is 13.2 Å². The van der Waals surface area contributed by atoms with Crippen LogP contribution in [-0.2, 0) is 10.0 Å². The van der Waals surface area contributed by atoms with Crippen LogP contribution in [0.15, 0.2) is 29.2 Å². The van der Waals surface area contributed by atoms with Crippen LogP contribution in [0.4, 0.5) is 5.13 Å². The van der Waals surface area contributed by atoms with Crippen molar-refractivity contribution in [1.82, 2.24) is 9.71 Å². The van der Waals surface area contributed by atoms with Gasteiger partial charge in [0, 0.05) is 10.4 Å². The Bertz CT molecular complexity index is 860. The van der Waals surface area contributed by atoms with Crippen LogP contribution in [0.25, 0.3) is 0 Å². The number of carbonyl (C=O) groups excluding carboxylic acids is 1. The van der Waals surface area contributed by atoms with Gasteiger partial charge in [-0.05, 0) is 32.0 Å². The van der Waals surface area contributed by atoms with Crippen LogP contribution in [0.5, 0.6) is 0 Å². The molecule has 0 unspecified atom stereocenters. The molecule has 2 rings (SSSR count). The molecule has 0 atom stereocenters. The average molecular weight is 349 g/mol. The first-order valence-corrected chi connectivity index (χ1v) is 8.92. The maximum absolute atomic E-state index is 12.2. The van der Waals surface area contributed by atoms with Crippen molar-refractivity contribution in [3.63, 3.8) is 0 Å². The zero-order valence-electron chi connectivity index (χ0n) is 12.6. The number of anilines is 1. The van der Waals surface area contributed by atoms with E-state index in [0.29, 0.717) is 5.13 Å². The van der Waals surface area contributed by atoms with Gasteiger partial charge >= 0.3 is 0 Å². The number of aryl methyl sites for hydroxylation is 2. The Hall–Kier alpha value is -2.21. The third-order valence-corrected chi connectivity index (χ3v) is 5.41. The van der Waals surface area contributed by atoms with Crippen molar-refractivity contribution in [2.45, 2.75) is 18.7 Å². The molecule has 0 aliphatic rings. The van der Waals surface area contributed by atoms with Crippen molar-refractivity contribution in [2.24, 2.45) is 0 Å². The monoisotopic (exact) mass is 349 g/mol. The molecule has 2 N–H and O–H groups in total. The van der Waals surface area contributed by atoms with E-state index in [1.54, 1.807) is 0 Å². The van der Waals surface area contributed by atoms with Crippen LogP contribution in [0.2, 0.25) is 0 Å². The minimum absolute atomic E-state index is 0.0214. The number of nitrogens with zero attached hydrogens (tertiary/aromatic N) is 1. The fourth-order valence-electron chi connectivity index (χ4n) is 1.72. The van der Waals surface area contributed by atoms with Gasteiger partial charge in [-0.3, -0.25) is 10.1 Å². The first kappa shape index (κ1) is 17.1. The number of terminal acetylenes is 1. The summed E-state index contributed by atoms with van der Waals surface area (Å²) in [6.45, 7) is 3.65. The standard InChI is InChI=1S/C15H15N3O3S2/c1-4-8-16-23(20,21)13-7-5-6-12(9-13)14(19)18-15-17-10(2)11(3)22-15/h1,5-7,9,16H,8H2,2-3H3,(H,17,18,19). The number of hydrogen-bond donors (Lipinski definition) is 2. The first-order chi connectivity index (χ1) is 10.8. The van der Waals surface area contributed by atoms with Gasteiger partial charge in [-0.15, -0.1) is 17.8 Å². The number of thiazole rings is 1. The van der Waals surface area contributed by atoms with E-state index in [-0.39, 0.29) is 17.0 Å². The molecule has 0 aliphatic carbocycles. The Morgan fingerprint density at radius 3 is 2.74 bits per heavy atom. The van der Waals surface area contributed by atoms with E-state index in [1.807, 2.05) is 13.8 Å². The summed E-state index contributed by atoms with van der Waals surface area (Å²) in [5.74, 6) is 1.77. The lowest BCUT2D eigenvalue weighted by Crippen LogP contribution is -2.24. The van der Waals surface area contributed by atoms with Crippen LogP contribution in [-0.4, -0.2) is 25.9 Å². The van der Waals surface area contributed by atoms with Gasteiger partial charge in [0.1, 0.15) is 0 Å². The minimum atomic E-state index is -3.74. The highest BCUT2D eigenvalue weighted by Crippen LogP contribution is 2.22.